The van der Waals surface area contributed by atoms with Crippen molar-refractivity contribution in [3.05, 3.63) is 70.9 Å². The molecule has 2 N–H and O–H groups in total. The molecule has 0 bridgehead atoms. The van der Waals surface area contributed by atoms with Crippen molar-refractivity contribution in [1.29, 1.82) is 0 Å². The number of aromatic nitrogens is 2. The first-order valence-electron chi connectivity index (χ1n) is 9.52. The minimum Gasteiger partial charge on any atom is -0.352 e. The minimum atomic E-state index is -3.76. The largest absolute Gasteiger partial charge is 0.352 e. The Bertz CT molecular complexity index is 1160. The monoisotopic (exact) mass is 428 g/mol. The normalized spacial score (nSPS) is 11.3. The summed E-state index contributed by atoms with van der Waals surface area (Å²) in [5.41, 5.74) is 2.19. The van der Waals surface area contributed by atoms with Crippen molar-refractivity contribution in [2.45, 2.75) is 38.5 Å². The Kier molecular flexibility index (Phi) is 6.51. The summed E-state index contributed by atoms with van der Waals surface area (Å²) < 4.78 is 33.1. The number of rotatable bonds is 8. The van der Waals surface area contributed by atoms with E-state index in [2.05, 4.69) is 20.2 Å². The summed E-state index contributed by atoms with van der Waals surface area (Å²) >= 11 is 0. The average Bonchev–Trinajstić information content (AvgIpc) is 3.12. The van der Waals surface area contributed by atoms with Crippen molar-refractivity contribution in [2.75, 3.05) is 11.3 Å². The lowest BCUT2D eigenvalue weighted by atomic mass is 10.2. The highest BCUT2D eigenvalue weighted by Crippen LogP contribution is 2.21. The van der Waals surface area contributed by atoms with Crippen LogP contribution in [-0.4, -0.2) is 31.0 Å². The lowest BCUT2D eigenvalue weighted by molar-refractivity contribution is 0.0953. The van der Waals surface area contributed by atoms with E-state index in [1.165, 1.54) is 6.07 Å². The summed E-state index contributed by atoms with van der Waals surface area (Å²) in [7, 11) is -3.76. The minimum absolute atomic E-state index is 0.216. The van der Waals surface area contributed by atoms with Gasteiger partial charge in [0.05, 0.1) is 4.90 Å². The highest BCUT2D eigenvalue weighted by molar-refractivity contribution is 7.92. The highest BCUT2D eigenvalue weighted by atomic mass is 32.2. The summed E-state index contributed by atoms with van der Waals surface area (Å²) in [6.45, 7) is 5.76. The van der Waals surface area contributed by atoms with Crippen molar-refractivity contribution >= 4 is 21.6 Å². The third-order valence-electron chi connectivity index (χ3n) is 4.43. The SMILES string of the molecule is Cc1ccc(C)c(S(=O)(=O)Nc2cccc(C(=O)NCCCc3nc(C)no3)c2)c1. The average molecular weight is 429 g/mol. The Morgan fingerprint density at radius 1 is 1.10 bits per heavy atom. The molecule has 0 radical (unpaired) electrons. The number of sulfonamides is 1. The number of hydrogen-bond donors (Lipinski definition) is 2. The molecule has 1 aromatic heterocycles. The van der Waals surface area contributed by atoms with Gasteiger partial charge in [0.15, 0.2) is 5.82 Å². The molecule has 0 aliphatic carbocycles. The van der Waals surface area contributed by atoms with Crippen LogP contribution in [0.15, 0.2) is 51.9 Å². The molecule has 0 aliphatic rings. The fourth-order valence-corrected chi connectivity index (χ4v) is 4.30. The topological polar surface area (TPSA) is 114 Å². The molecule has 0 aliphatic heterocycles. The van der Waals surface area contributed by atoms with Gasteiger partial charge in [0.2, 0.25) is 5.89 Å². The zero-order chi connectivity index (χ0) is 21.7. The summed E-state index contributed by atoms with van der Waals surface area (Å²) in [4.78, 5) is 16.7. The zero-order valence-corrected chi connectivity index (χ0v) is 17.9. The molecule has 0 spiro atoms. The van der Waals surface area contributed by atoms with Gasteiger partial charge in [-0.2, -0.15) is 4.98 Å². The number of benzene rings is 2. The second-order valence-corrected chi connectivity index (χ2v) is 8.70. The molecule has 0 saturated carbocycles. The van der Waals surface area contributed by atoms with Crippen molar-refractivity contribution in [3.63, 3.8) is 0 Å². The van der Waals surface area contributed by atoms with E-state index in [0.29, 0.717) is 47.9 Å². The van der Waals surface area contributed by atoms with Gasteiger partial charge in [-0.15, -0.1) is 0 Å². The molecule has 3 aromatic rings. The first-order valence-corrected chi connectivity index (χ1v) is 11.0. The van der Waals surface area contributed by atoms with Crippen molar-refractivity contribution in [3.8, 4) is 0 Å². The van der Waals surface area contributed by atoms with E-state index in [1.54, 1.807) is 44.2 Å². The predicted octanol–water partition coefficient (Wildman–Crippen LogP) is 3.16. The van der Waals surface area contributed by atoms with Crippen LogP contribution < -0.4 is 10.0 Å². The molecular formula is C21H24N4O4S. The van der Waals surface area contributed by atoms with Gasteiger partial charge in [-0.1, -0.05) is 23.4 Å². The van der Waals surface area contributed by atoms with Gasteiger partial charge in [-0.25, -0.2) is 8.42 Å². The number of amides is 1. The number of aryl methyl sites for hydroxylation is 4. The van der Waals surface area contributed by atoms with Crippen LogP contribution in [0.4, 0.5) is 5.69 Å². The fourth-order valence-electron chi connectivity index (χ4n) is 2.92. The molecule has 3 rings (SSSR count). The summed E-state index contributed by atoms with van der Waals surface area (Å²) in [5.74, 6) is 0.822. The zero-order valence-electron chi connectivity index (χ0n) is 17.1. The third-order valence-corrected chi connectivity index (χ3v) is 5.96. The van der Waals surface area contributed by atoms with Gasteiger partial charge in [0, 0.05) is 24.2 Å². The Balaban J connectivity index is 1.62. The molecule has 8 nitrogen and oxygen atoms in total. The molecule has 30 heavy (non-hydrogen) atoms. The number of nitrogens with zero attached hydrogens (tertiary/aromatic N) is 2. The smallest absolute Gasteiger partial charge is 0.262 e. The van der Waals surface area contributed by atoms with Crippen LogP contribution >= 0.6 is 0 Å². The van der Waals surface area contributed by atoms with Crippen LogP contribution in [0.25, 0.3) is 0 Å². The summed E-state index contributed by atoms with van der Waals surface area (Å²) in [6.07, 6.45) is 1.21. The molecule has 1 heterocycles. The second kappa shape index (κ2) is 9.08. The number of nitrogens with one attached hydrogen (secondary N) is 2. The Labute approximate surface area is 175 Å². The molecule has 158 valence electrons. The number of carbonyl (C=O) groups excluding carboxylic acids is 1. The van der Waals surface area contributed by atoms with Gasteiger partial charge in [0.25, 0.3) is 15.9 Å². The molecule has 2 aromatic carbocycles. The summed E-state index contributed by atoms with van der Waals surface area (Å²) in [5, 5.41) is 6.53. The van der Waals surface area contributed by atoms with E-state index in [9.17, 15) is 13.2 Å². The maximum Gasteiger partial charge on any atom is 0.262 e. The standard InChI is InChI=1S/C21H24N4O4S/c1-14-9-10-15(2)19(12-14)30(27,28)25-18-7-4-6-17(13-18)21(26)22-11-5-8-20-23-16(3)24-29-20/h4,6-7,9-10,12-13,25H,5,8,11H2,1-3H3,(H,22,26). The first kappa shape index (κ1) is 21.5. The lowest BCUT2D eigenvalue weighted by Gasteiger charge is -2.12. The van der Waals surface area contributed by atoms with E-state index >= 15 is 0 Å². The Morgan fingerprint density at radius 3 is 2.63 bits per heavy atom. The second-order valence-electron chi connectivity index (χ2n) is 7.05. The Hall–Kier alpha value is -3.20. The van der Waals surface area contributed by atoms with E-state index in [0.717, 1.165) is 5.56 Å². The van der Waals surface area contributed by atoms with Crippen LogP contribution in [0, 0.1) is 20.8 Å². The molecule has 0 unspecified atom stereocenters. The van der Waals surface area contributed by atoms with E-state index in [-0.39, 0.29) is 10.8 Å². The molecule has 1 amide bonds. The number of anilines is 1. The lowest BCUT2D eigenvalue weighted by Crippen LogP contribution is -2.25. The predicted molar refractivity (Wildman–Crippen MR) is 113 cm³/mol. The fraction of sp³-hybridized carbons (Fsp3) is 0.286. The molecule has 9 heteroatoms. The van der Waals surface area contributed by atoms with Gasteiger partial charge < -0.3 is 9.84 Å². The van der Waals surface area contributed by atoms with E-state index < -0.39 is 10.0 Å². The maximum absolute atomic E-state index is 12.8. The highest BCUT2D eigenvalue weighted by Gasteiger charge is 2.18. The van der Waals surface area contributed by atoms with Crippen molar-refractivity contribution < 1.29 is 17.7 Å². The number of carbonyl (C=O) groups is 1. The third kappa shape index (κ3) is 5.44. The number of hydrogen-bond acceptors (Lipinski definition) is 6. The molecule has 0 saturated heterocycles. The van der Waals surface area contributed by atoms with Gasteiger partial charge >= 0.3 is 0 Å². The van der Waals surface area contributed by atoms with Crippen LogP contribution in [0.1, 0.15) is 39.6 Å². The van der Waals surface area contributed by atoms with Crippen molar-refractivity contribution in [1.82, 2.24) is 15.5 Å². The van der Waals surface area contributed by atoms with E-state index in [4.69, 9.17) is 4.52 Å². The maximum atomic E-state index is 12.8. The molecule has 0 fully saturated rings. The molecule has 0 atom stereocenters. The van der Waals surface area contributed by atoms with Crippen LogP contribution in [0.5, 0.6) is 0 Å². The van der Waals surface area contributed by atoms with Crippen LogP contribution in [-0.2, 0) is 16.4 Å². The van der Waals surface area contributed by atoms with E-state index in [1.807, 2.05) is 13.0 Å². The quantitative estimate of drug-likeness (QED) is 0.533. The Morgan fingerprint density at radius 2 is 1.90 bits per heavy atom. The van der Waals surface area contributed by atoms with Crippen LogP contribution in [0.2, 0.25) is 0 Å². The van der Waals surface area contributed by atoms with Gasteiger partial charge in [-0.3, -0.25) is 9.52 Å². The summed E-state index contributed by atoms with van der Waals surface area (Å²) in [6, 6.07) is 11.6. The van der Waals surface area contributed by atoms with Crippen molar-refractivity contribution in [2.24, 2.45) is 0 Å². The molecular weight excluding hydrogens is 404 g/mol. The van der Waals surface area contributed by atoms with Crippen LogP contribution in [0.3, 0.4) is 0 Å². The van der Waals surface area contributed by atoms with Gasteiger partial charge in [-0.05, 0) is 62.6 Å². The first-order chi connectivity index (χ1) is 14.2. The van der Waals surface area contributed by atoms with Gasteiger partial charge in [0.1, 0.15) is 0 Å².